The number of primary amides is 1. The Bertz CT molecular complexity index is 509. The molecule has 6 nitrogen and oxygen atoms in total. The molecule has 2 saturated heterocycles. The molecule has 6 heteroatoms. The van der Waals surface area contributed by atoms with Crippen LogP contribution in [-0.4, -0.2) is 66.5 Å². The number of nitrogens with one attached hydrogen (secondary N) is 1. The summed E-state index contributed by atoms with van der Waals surface area (Å²) in [7, 11) is 0. The third kappa shape index (κ3) is 6.66. The highest BCUT2D eigenvalue weighted by molar-refractivity contribution is 5.80. The van der Waals surface area contributed by atoms with Gasteiger partial charge in [0.15, 0.2) is 5.96 Å². The molecule has 2 heterocycles. The van der Waals surface area contributed by atoms with Crippen molar-refractivity contribution in [2.75, 3.05) is 39.3 Å². The summed E-state index contributed by atoms with van der Waals surface area (Å²) in [6, 6.07) is 0. The minimum atomic E-state index is -0.196. The molecule has 0 aliphatic carbocycles. The summed E-state index contributed by atoms with van der Waals surface area (Å²) < 4.78 is 0. The number of amides is 1. The van der Waals surface area contributed by atoms with E-state index in [1.54, 1.807) is 0 Å². The average Bonchev–Trinajstić information content (AvgIpc) is 2.57. The van der Waals surface area contributed by atoms with Crippen molar-refractivity contribution in [1.29, 1.82) is 0 Å². The topological polar surface area (TPSA) is 74.0 Å². The zero-order valence-electron chi connectivity index (χ0n) is 18.1. The van der Waals surface area contributed by atoms with Crippen LogP contribution in [0, 0.1) is 17.8 Å². The lowest BCUT2D eigenvalue weighted by Gasteiger charge is -2.44. The number of aliphatic imine (C=N–C) groups is 1. The van der Waals surface area contributed by atoms with Gasteiger partial charge in [-0.15, -0.1) is 0 Å². The number of carbonyl (C=O) groups is 1. The first-order chi connectivity index (χ1) is 12.7. The van der Waals surface area contributed by atoms with Crippen LogP contribution in [0.2, 0.25) is 0 Å². The largest absolute Gasteiger partial charge is 0.370 e. The number of rotatable bonds is 6. The Kier molecular flexibility index (Phi) is 7.95. The zero-order chi connectivity index (χ0) is 20.0. The van der Waals surface area contributed by atoms with Gasteiger partial charge in [-0.3, -0.25) is 14.7 Å². The third-order valence-electron chi connectivity index (χ3n) is 5.98. The van der Waals surface area contributed by atoms with Gasteiger partial charge in [0.25, 0.3) is 0 Å². The van der Waals surface area contributed by atoms with E-state index in [1.807, 2.05) is 0 Å². The highest BCUT2D eigenvalue weighted by atomic mass is 16.1. The Labute approximate surface area is 165 Å². The van der Waals surface area contributed by atoms with E-state index in [4.69, 9.17) is 10.7 Å². The van der Waals surface area contributed by atoms with Gasteiger partial charge in [-0.2, -0.15) is 0 Å². The van der Waals surface area contributed by atoms with Gasteiger partial charge in [-0.05, 0) is 57.8 Å². The fraction of sp³-hybridized carbons (Fsp3) is 0.905. The zero-order valence-corrected chi connectivity index (χ0v) is 18.1. The van der Waals surface area contributed by atoms with Gasteiger partial charge in [0, 0.05) is 44.7 Å². The van der Waals surface area contributed by atoms with E-state index in [1.165, 1.54) is 6.42 Å². The molecule has 0 radical (unpaired) electrons. The molecule has 27 heavy (non-hydrogen) atoms. The number of piperidine rings is 2. The Morgan fingerprint density at radius 3 is 2.48 bits per heavy atom. The minimum absolute atomic E-state index is 0.0476. The monoisotopic (exact) mass is 379 g/mol. The number of nitrogens with zero attached hydrogens (tertiary/aromatic N) is 3. The summed E-state index contributed by atoms with van der Waals surface area (Å²) in [6.07, 6.45) is 3.97. The van der Waals surface area contributed by atoms with Gasteiger partial charge < -0.3 is 16.0 Å². The van der Waals surface area contributed by atoms with Gasteiger partial charge in [0.1, 0.15) is 0 Å². The van der Waals surface area contributed by atoms with Crippen LogP contribution in [0.3, 0.4) is 0 Å². The third-order valence-corrected chi connectivity index (χ3v) is 5.98. The second kappa shape index (κ2) is 9.76. The van der Waals surface area contributed by atoms with E-state index in [0.29, 0.717) is 12.3 Å². The predicted molar refractivity (Wildman–Crippen MR) is 113 cm³/mol. The maximum absolute atomic E-state index is 11.3. The van der Waals surface area contributed by atoms with Gasteiger partial charge in [0.05, 0.1) is 6.54 Å². The SMILES string of the molecule is CCNC(=NCC(C)(C)N1CC(C)CC(C)C1)N1CCCC(CC(N)=O)C1. The van der Waals surface area contributed by atoms with E-state index >= 15 is 0 Å². The van der Waals surface area contributed by atoms with E-state index in [9.17, 15) is 4.79 Å². The molecule has 0 aromatic heterocycles. The molecule has 0 spiro atoms. The van der Waals surface area contributed by atoms with E-state index in [2.05, 4.69) is 49.7 Å². The lowest BCUT2D eigenvalue weighted by molar-refractivity contribution is -0.119. The second-order valence-corrected chi connectivity index (χ2v) is 9.46. The first-order valence-electron chi connectivity index (χ1n) is 10.8. The quantitative estimate of drug-likeness (QED) is 0.548. The number of likely N-dealkylation sites (tertiary alicyclic amines) is 2. The van der Waals surface area contributed by atoms with Gasteiger partial charge in [-0.25, -0.2) is 0 Å². The van der Waals surface area contributed by atoms with E-state index in [-0.39, 0.29) is 11.4 Å². The summed E-state index contributed by atoms with van der Waals surface area (Å²) in [6.45, 7) is 17.3. The number of guanidine groups is 1. The predicted octanol–water partition coefficient (Wildman–Crippen LogP) is 2.30. The maximum atomic E-state index is 11.3. The summed E-state index contributed by atoms with van der Waals surface area (Å²) in [4.78, 5) is 21.3. The summed E-state index contributed by atoms with van der Waals surface area (Å²) in [5.74, 6) is 2.64. The smallest absolute Gasteiger partial charge is 0.217 e. The number of nitrogens with two attached hydrogens (primary N) is 1. The van der Waals surface area contributed by atoms with E-state index in [0.717, 1.165) is 69.9 Å². The Balaban J connectivity index is 2.04. The first kappa shape index (κ1) is 22.0. The first-order valence-corrected chi connectivity index (χ1v) is 10.8. The lowest BCUT2D eigenvalue weighted by atomic mass is 9.88. The molecule has 3 unspecified atom stereocenters. The maximum Gasteiger partial charge on any atom is 0.217 e. The molecule has 156 valence electrons. The van der Waals surface area contributed by atoms with Crippen LogP contribution in [0.15, 0.2) is 4.99 Å². The van der Waals surface area contributed by atoms with Crippen molar-refractivity contribution in [3.05, 3.63) is 0 Å². The summed E-state index contributed by atoms with van der Waals surface area (Å²) >= 11 is 0. The summed E-state index contributed by atoms with van der Waals surface area (Å²) in [5.41, 5.74) is 5.46. The van der Waals surface area contributed by atoms with E-state index < -0.39 is 0 Å². The van der Waals surface area contributed by atoms with Crippen molar-refractivity contribution in [3.8, 4) is 0 Å². The van der Waals surface area contributed by atoms with Gasteiger partial charge >= 0.3 is 0 Å². The van der Waals surface area contributed by atoms with Crippen LogP contribution in [0.1, 0.15) is 60.3 Å². The van der Waals surface area contributed by atoms with Crippen LogP contribution >= 0.6 is 0 Å². The average molecular weight is 380 g/mol. The molecule has 0 aromatic rings. The Morgan fingerprint density at radius 2 is 1.89 bits per heavy atom. The fourth-order valence-electron chi connectivity index (χ4n) is 4.66. The number of hydrogen-bond acceptors (Lipinski definition) is 3. The molecule has 1 amide bonds. The van der Waals surface area contributed by atoms with Crippen LogP contribution in [0.4, 0.5) is 0 Å². The fourth-order valence-corrected chi connectivity index (χ4v) is 4.66. The number of carbonyl (C=O) groups excluding carboxylic acids is 1. The van der Waals surface area contributed by atoms with Crippen molar-refractivity contribution in [3.63, 3.8) is 0 Å². The van der Waals surface area contributed by atoms with Crippen molar-refractivity contribution >= 4 is 11.9 Å². The Morgan fingerprint density at radius 1 is 1.22 bits per heavy atom. The molecule has 2 fully saturated rings. The van der Waals surface area contributed by atoms with Gasteiger partial charge in [0.2, 0.25) is 5.91 Å². The molecule has 2 aliphatic heterocycles. The molecule has 0 saturated carbocycles. The normalized spacial score (nSPS) is 28.3. The van der Waals surface area contributed by atoms with Crippen LogP contribution < -0.4 is 11.1 Å². The molecule has 2 aliphatic rings. The van der Waals surface area contributed by atoms with Crippen LogP contribution in [-0.2, 0) is 4.79 Å². The van der Waals surface area contributed by atoms with Crippen molar-refractivity contribution in [2.24, 2.45) is 28.5 Å². The summed E-state index contributed by atoms with van der Waals surface area (Å²) in [5, 5.41) is 3.46. The molecule has 3 atom stereocenters. The highest BCUT2D eigenvalue weighted by Gasteiger charge is 2.33. The highest BCUT2D eigenvalue weighted by Crippen LogP contribution is 2.27. The van der Waals surface area contributed by atoms with Crippen LogP contribution in [0.5, 0.6) is 0 Å². The van der Waals surface area contributed by atoms with Crippen LogP contribution in [0.25, 0.3) is 0 Å². The molecular formula is C21H41N5O. The van der Waals surface area contributed by atoms with Crippen molar-refractivity contribution in [2.45, 2.75) is 65.8 Å². The standard InChI is InChI=1S/C21H41N5O/c1-6-23-20(25-9-7-8-18(14-25)11-19(22)27)24-15-21(4,5)26-12-16(2)10-17(3)13-26/h16-18H,6-15H2,1-5H3,(H2,22,27)(H,23,24). The lowest BCUT2D eigenvalue weighted by Crippen LogP contribution is -2.53. The molecule has 0 bridgehead atoms. The number of hydrogen-bond donors (Lipinski definition) is 2. The van der Waals surface area contributed by atoms with Gasteiger partial charge in [-0.1, -0.05) is 13.8 Å². The molecule has 3 N–H and O–H groups in total. The molecular weight excluding hydrogens is 338 g/mol. The minimum Gasteiger partial charge on any atom is -0.370 e. The molecule has 0 aromatic carbocycles. The van der Waals surface area contributed by atoms with Crippen molar-refractivity contribution in [1.82, 2.24) is 15.1 Å². The Hall–Kier alpha value is -1.30. The molecule has 2 rings (SSSR count). The second-order valence-electron chi connectivity index (χ2n) is 9.46. The van der Waals surface area contributed by atoms with Crippen molar-refractivity contribution < 1.29 is 4.79 Å².